The Morgan fingerprint density at radius 1 is 1.35 bits per heavy atom. The van der Waals surface area contributed by atoms with E-state index in [9.17, 15) is 8.78 Å². The molecule has 1 aliphatic carbocycles. The highest BCUT2D eigenvalue weighted by atomic mass is 19.1. The van der Waals surface area contributed by atoms with Crippen molar-refractivity contribution in [2.24, 2.45) is 10.7 Å². The van der Waals surface area contributed by atoms with Crippen LogP contribution in [0.15, 0.2) is 23.2 Å². The van der Waals surface area contributed by atoms with E-state index in [1.54, 1.807) is 19.0 Å². The van der Waals surface area contributed by atoms with E-state index >= 15 is 0 Å². The van der Waals surface area contributed by atoms with Gasteiger partial charge in [0.25, 0.3) is 0 Å². The Morgan fingerprint density at radius 2 is 1.94 bits per heavy atom. The zero-order valence-corrected chi connectivity index (χ0v) is 9.82. The number of hydrogen-bond acceptors (Lipinski definition) is 1. The van der Waals surface area contributed by atoms with Crippen molar-refractivity contribution in [3.8, 4) is 0 Å². The molecule has 0 aromatic heterocycles. The van der Waals surface area contributed by atoms with E-state index in [4.69, 9.17) is 5.73 Å². The van der Waals surface area contributed by atoms with Crippen LogP contribution in [0.1, 0.15) is 17.9 Å². The van der Waals surface area contributed by atoms with Gasteiger partial charge in [0.15, 0.2) is 5.96 Å². The van der Waals surface area contributed by atoms with E-state index in [2.05, 4.69) is 4.99 Å². The highest BCUT2D eigenvalue weighted by Gasteiger charge is 2.42. The fourth-order valence-corrected chi connectivity index (χ4v) is 1.78. The third kappa shape index (κ3) is 2.38. The van der Waals surface area contributed by atoms with Gasteiger partial charge in [-0.05, 0) is 18.6 Å². The van der Waals surface area contributed by atoms with E-state index in [0.29, 0.717) is 12.4 Å². The normalized spacial score (nSPS) is 23.6. The van der Waals surface area contributed by atoms with Crippen LogP contribution in [0.5, 0.6) is 0 Å². The number of guanidine groups is 1. The second-order valence-electron chi connectivity index (χ2n) is 4.43. The van der Waals surface area contributed by atoms with Crippen molar-refractivity contribution in [1.29, 1.82) is 0 Å². The van der Waals surface area contributed by atoms with Crippen molar-refractivity contribution in [2.45, 2.75) is 18.4 Å². The molecule has 1 fully saturated rings. The molecule has 0 aliphatic heterocycles. The molecule has 0 heterocycles. The van der Waals surface area contributed by atoms with Gasteiger partial charge in [0.2, 0.25) is 0 Å². The van der Waals surface area contributed by atoms with Crippen LogP contribution in [0.4, 0.5) is 8.78 Å². The largest absolute Gasteiger partial charge is 0.370 e. The second-order valence-corrected chi connectivity index (χ2v) is 4.43. The molecule has 1 aliphatic rings. The van der Waals surface area contributed by atoms with E-state index in [-0.39, 0.29) is 17.5 Å². The van der Waals surface area contributed by atoms with Crippen LogP contribution in [0, 0.1) is 11.6 Å². The topological polar surface area (TPSA) is 41.6 Å². The predicted octanol–water partition coefficient (Wildman–Crippen LogP) is 1.70. The Kier molecular flexibility index (Phi) is 3.00. The molecule has 17 heavy (non-hydrogen) atoms. The smallest absolute Gasteiger partial charge is 0.191 e. The first-order valence-electron chi connectivity index (χ1n) is 5.45. The molecular formula is C12H15F2N3. The highest BCUT2D eigenvalue weighted by molar-refractivity contribution is 5.78. The first-order chi connectivity index (χ1) is 8.00. The molecule has 0 saturated heterocycles. The third-order valence-electron chi connectivity index (χ3n) is 2.88. The van der Waals surface area contributed by atoms with Crippen LogP contribution in [0.25, 0.3) is 0 Å². The number of nitrogens with zero attached hydrogens (tertiary/aromatic N) is 2. The van der Waals surface area contributed by atoms with Gasteiger partial charge in [-0.25, -0.2) is 13.8 Å². The summed E-state index contributed by atoms with van der Waals surface area (Å²) >= 11 is 0. The first kappa shape index (κ1) is 11.8. The van der Waals surface area contributed by atoms with E-state index < -0.39 is 11.6 Å². The van der Waals surface area contributed by atoms with Crippen LogP contribution < -0.4 is 5.73 Å². The second kappa shape index (κ2) is 4.31. The highest BCUT2D eigenvalue weighted by Crippen LogP contribution is 2.45. The summed E-state index contributed by atoms with van der Waals surface area (Å²) in [6.07, 6.45) is 0.645. The van der Waals surface area contributed by atoms with Gasteiger partial charge >= 0.3 is 0 Å². The standard InChI is InChI=1S/C12H15F2N3/c1-17(2)12(15)16-10-6-7(10)11-8(13)4-3-5-9(11)14/h3-5,7,10H,6H2,1-2H3,(H2,15,16)/t7-,10-/m1/s1. The zero-order chi connectivity index (χ0) is 12.6. The molecule has 1 saturated carbocycles. The van der Waals surface area contributed by atoms with Crippen LogP contribution in [-0.4, -0.2) is 31.0 Å². The number of hydrogen-bond donors (Lipinski definition) is 1. The monoisotopic (exact) mass is 239 g/mol. The van der Waals surface area contributed by atoms with Gasteiger partial charge in [-0.2, -0.15) is 0 Å². The number of benzene rings is 1. The van der Waals surface area contributed by atoms with Gasteiger partial charge in [-0.1, -0.05) is 6.07 Å². The van der Waals surface area contributed by atoms with Gasteiger partial charge in [-0.15, -0.1) is 0 Å². The van der Waals surface area contributed by atoms with E-state index in [1.165, 1.54) is 18.2 Å². The lowest BCUT2D eigenvalue weighted by atomic mass is 10.1. The van der Waals surface area contributed by atoms with E-state index in [0.717, 1.165) is 0 Å². The van der Waals surface area contributed by atoms with Crippen molar-refractivity contribution in [3.05, 3.63) is 35.4 Å². The quantitative estimate of drug-likeness (QED) is 0.630. The van der Waals surface area contributed by atoms with Gasteiger partial charge in [0.05, 0.1) is 6.04 Å². The van der Waals surface area contributed by atoms with Crippen LogP contribution in [-0.2, 0) is 0 Å². The molecule has 92 valence electrons. The average molecular weight is 239 g/mol. The molecule has 1 aromatic rings. The Labute approximate surface area is 98.9 Å². The molecule has 0 bridgehead atoms. The Balaban J connectivity index is 2.16. The summed E-state index contributed by atoms with van der Waals surface area (Å²) in [7, 11) is 3.56. The minimum absolute atomic E-state index is 0.108. The molecule has 1 aromatic carbocycles. The molecule has 0 unspecified atom stereocenters. The fourth-order valence-electron chi connectivity index (χ4n) is 1.78. The molecule has 2 rings (SSSR count). The number of aliphatic imine (C=N–C) groups is 1. The summed E-state index contributed by atoms with van der Waals surface area (Å²) in [5.41, 5.74) is 5.79. The summed E-state index contributed by atoms with van der Waals surface area (Å²) in [5.74, 6) is -0.809. The molecule has 0 radical (unpaired) electrons. The van der Waals surface area contributed by atoms with Crippen molar-refractivity contribution in [2.75, 3.05) is 14.1 Å². The summed E-state index contributed by atoms with van der Waals surface area (Å²) in [6.45, 7) is 0. The van der Waals surface area contributed by atoms with Crippen molar-refractivity contribution in [3.63, 3.8) is 0 Å². The van der Waals surface area contributed by atoms with Crippen molar-refractivity contribution in [1.82, 2.24) is 4.90 Å². The third-order valence-corrected chi connectivity index (χ3v) is 2.88. The summed E-state index contributed by atoms with van der Waals surface area (Å²) < 4.78 is 27.0. The molecule has 5 heteroatoms. The lowest BCUT2D eigenvalue weighted by molar-refractivity contribution is 0.554. The maximum atomic E-state index is 13.5. The van der Waals surface area contributed by atoms with Gasteiger partial charge in [0, 0.05) is 25.6 Å². The predicted molar refractivity (Wildman–Crippen MR) is 62.8 cm³/mol. The first-order valence-corrected chi connectivity index (χ1v) is 5.45. The maximum absolute atomic E-state index is 13.5. The van der Waals surface area contributed by atoms with Crippen LogP contribution in [0.2, 0.25) is 0 Å². The van der Waals surface area contributed by atoms with Crippen molar-refractivity contribution < 1.29 is 8.78 Å². The maximum Gasteiger partial charge on any atom is 0.191 e. The fraction of sp³-hybridized carbons (Fsp3) is 0.417. The van der Waals surface area contributed by atoms with Gasteiger partial charge in [0.1, 0.15) is 11.6 Å². The van der Waals surface area contributed by atoms with Gasteiger partial charge in [-0.3, -0.25) is 0 Å². The Bertz CT molecular complexity index is 437. The molecule has 0 amide bonds. The van der Waals surface area contributed by atoms with Crippen LogP contribution in [0.3, 0.4) is 0 Å². The Hall–Kier alpha value is -1.65. The van der Waals surface area contributed by atoms with E-state index in [1.807, 2.05) is 0 Å². The summed E-state index contributed by atoms with van der Waals surface area (Å²) in [5, 5.41) is 0. The Morgan fingerprint density at radius 3 is 2.47 bits per heavy atom. The number of rotatable bonds is 2. The number of nitrogens with two attached hydrogens (primary N) is 1. The minimum atomic E-state index is -0.504. The summed E-state index contributed by atoms with van der Waals surface area (Å²) in [4.78, 5) is 5.89. The molecule has 0 spiro atoms. The SMILES string of the molecule is CN(C)C(N)=N[C@@H]1C[C@H]1c1c(F)cccc1F. The average Bonchev–Trinajstić information content (AvgIpc) is 2.96. The lowest BCUT2D eigenvalue weighted by Gasteiger charge is -2.10. The lowest BCUT2D eigenvalue weighted by Crippen LogP contribution is -2.30. The molecule has 2 N–H and O–H groups in total. The number of halogens is 2. The minimum Gasteiger partial charge on any atom is -0.370 e. The van der Waals surface area contributed by atoms with Crippen LogP contribution >= 0.6 is 0 Å². The van der Waals surface area contributed by atoms with Gasteiger partial charge < -0.3 is 10.6 Å². The molecule has 3 nitrogen and oxygen atoms in total. The molecule has 2 atom stereocenters. The molecular weight excluding hydrogens is 224 g/mol. The van der Waals surface area contributed by atoms with Crippen molar-refractivity contribution >= 4 is 5.96 Å². The zero-order valence-electron chi connectivity index (χ0n) is 9.82. The summed E-state index contributed by atoms with van der Waals surface area (Å²) in [6, 6.07) is 3.80.